The third-order valence-corrected chi connectivity index (χ3v) is 7.10. The van der Waals surface area contributed by atoms with Gasteiger partial charge in [0, 0.05) is 36.1 Å². The fourth-order valence-corrected chi connectivity index (χ4v) is 4.45. The van der Waals surface area contributed by atoms with Gasteiger partial charge in [0.1, 0.15) is 11.6 Å². The molecule has 0 aliphatic carbocycles. The van der Waals surface area contributed by atoms with Gasteiger partial charge in [-0.25, -0.2) is 0 Å². The first kappa shape index (κ1) is 25.4. The monoisotopic (exact) mass is 514 g/mol. The van der Waals surface area contributed by atoms with E-state index in [0.29, 0.717) is 29.4 Å². The summed E-state index contributed by atoms with van der Waals surface area (Å²) in [6.07, 6.45) is 2.61. The van der Waals surface area contributed by atoms with Crippen LogP contribution in [0.4, 0.5) is 5.69 Å². The summed E-state index contributed by atoms with van der Waals surface area (Å²) in [5.74, 6) is -0.825. The SMILES string of the molecule is CC(C)N1CCOC(C(=O)NC(C)(C(=O)Nc2cncc3ccccc23)c2ccc(Cl)c(Cl)c2)C1. The molecule has 2 N–H and O–H groups in total. The molecule has 0 radical (unpaired) electrons. The Hall–Kier alpha value is -2.71. The lowest BCUT2D eigenvalue weighted by Gasteiger charge is -2.37. The average molecular weight is 515 g/mol. The number of carbonyl (C=O) groups is 2. The molecule has 2 amide bonds. The van der Waals surface area contributed by atoms with E-state index in [9.17, 15) is 9.59 Å². The van der Waals surface area contributed by atoms with Crippen LogP contribution in [0.1, 0.15) is 26.3 Å². The van der Waals surface area contributed by atoms with E-state index in [1.54, 1.807) is 37.5 Å². The van der Waals surface area contributed by atoms with Gasteiger partial charge in [0.25, 0.3) is 11.8 Å². The Kier molecular flexibility index (Phi) is 7.62. The number of carbonyl (C=O) groups excluding carboxylic acids is 2. The van der Waals surface area contributed by atoms with Gasteiger partial charge in [0.2, 0.25) is 0 Å². The number of benzene rings is 2. The van der Waals surface area contributed by atoms with Crippen molar-refractivity contribution in [1.82, 2.24) is 15.2 Å². The number of nitrogens with one attached hydrogen (secondary N) is 2. The molecule has 1 aliphatic heterocycles. The largest absolute Gasteiger partial charge is 0.366 e. The minimum atomic E-state index is -1.47. The molecule has 2 unspecified atom stereocenters. The van der Waals surface area contributed by atoms with Crippen molar-refractivity contribution >= 4 is 51.5 Å². The van der Waals surface area contributed by atoms with Crippen molar-refractivity contribution in [3.63, 3.8) is 0 Å². The lowest BCUT2D eigenvalue weighted by molar-refractivity contribution is -0.143. The van der Waals surface area contributed by atoms with Crippen molar-refractivity contribution in [1.29, 1.82) is 0 Å². The predicted octanol–water partition coefficient (Wildman–Crippen LogP) is 4.62. The first-order chi connectivity index (χ1) is 16.7. The summed E-state index contributed by atoms with van der Waals surface area (Å²) < 4.78 is 5.76. The van der Waals surface area contributed by atoms with Gasteiger partial charge in [0.15, 0.2) is 0 Å². The maximum absolute atomic E-state index is 13.8. The number of hydrogen-bond donors (Lipinski definition) is 2. The molecule has 35 heavy (non-hydrogen) atoms. The molecule has 1 fully saturated rings. The third kappa shape index (κ3) is 5.43. The molecule has 4 rings (SSSR count). The fraction of sp³-hybridized carbons (Fsp3) is 0.346. The molecule has 1 saturated heterocycles. The second-order valence-electron chi connectivity index (χ2n) is 9.05. The van der Waals surface area contributed by atoms with Crippen LogP contribution in [0.5, 0.6) is 0 Å². The molecule has 3 aromatic rings. The zero-order valence-corrected chi connectivity index (χ0v) is 21.4. The fourth-order valence-electron chi connectivity index (χ4n) is 4.15. The van der Waals surface area contributed by atoms with Crippen LogP contribution in [0, 0.1) is 0 Å². The van der Waals surface area contributed by atoms with Crippen LogP contribution in [-0.2, 0) is 19.9 Å². The molecule has 2 heterocycles. The normalized spacial score (nSPS) is 18.3. The zero-order chi connectivity index (χ0) is 25.2. The lowest BCUT2D eigenvalue weighted by Crippen LogP contribution is -2.58. The highest BCUT2D eigenvalue weighted by Crippen LogP contribution is 2.31. The van der Waals surface area contributed by atoms with E-state index < -0.39 is 17.6 Å². The van der Waals surface area contributed by atoms with E-state index in [2.05, 4.69) is 34.4 Å². The van der Waals surface area contributed by atoms with Crippen LogP contribution in [0.2, 0.25) is 10.0 Å². The molecule has 184 valence electrons. The van der Waals surface area contributed by atoms with Crippen molar-refractivity contribution in [2.24, 2.45) is 0 Å². The highest BCUT2D eigenvalue weighted by molar-refractivity contribution is 6.42. The number of morpholine rings is 1. The molecule has 9 heteroatoms. The summed E-state index contributed by atoms with van der Waals surface area (Å²) in [6.45, 7) is 7.42. The summed E-state index contributed by atoms with van der Waals surface area (Å²) in [4.78, 5) is 33.6. The third-order valence-electron chi connectivity index (χ3n) is 6.36. The minimum Gasteiger partial charge on any atom is -0.366 e. The number of fused-ring (bicyclic) bond motifs is 1. The second kappa shape index (κ2) is 10.5. The van der Waals surface area contributed by atoms with Gasteiger partial charge in [-0.05, 0) is 38.5 Å². The van der Waals surface area contributed by atoms with E-state index in [1.165, 1.54) is 0 Å². The van der Waals surface area contributed by atoms with Crippen LogP contribution < -0.4 is 10.6 Å². The standard InChI is InChI=1S/C26H28Cl2N4O3/c1-16(2)32-10-11-35-23(15-32)24(33)31-26(3,18-8-9-20(27)21(28)12-18)25(34)30-22-14-29-13-17-6-4-5-7-19(17)22/h4-9,12-14,16,23H,10-11,15H2,1-3H3,(H,30,34)(H,31,33). The molecular formula is C26H28Cl2N4O3. The maximum atomic E-state index is 13.8. The zero-order valence-electron chi connectivity index (χ0n) is 19.8. The number of amides is 2. The molecule has 1 aromatic heterocycles. The predicted molar refractivity (Wildman–Crippen MR) is 139 cm³/mol. The second-order valence-corrected chi connectivity index (χ2v) is 9.87. The summed E-state index contributed by atoms with van der Waals surface area (Å²) in [7, 11) is 0. The molecular weight excluding hydrogens is 487 g/mol. The van der Waals surface area contributed by atoms with Gasteiger partial charge in [-0.3, -0.25) is 19.5 Å². The Morgan fingerprint density at radius 2 is 1.91 bits per heavy atom. The van der Waals surface area contributed by atoms with Crippen LogP contribution in [0.25, 0.3) is 10.8 Å². The molecule has 0 bridgehead atoms. The smallest absolute Gasteiger partial charge is 0.254 e. The van der Waals surface area contributed by atoms with Crippen molar-refractivity contribution < 1.29 is 14.3 Å². The van der Waals surface area contributed by atoms with E-state index >= 15 is 0 Å². The summed E-state index contributed by atoms with van der Waals surface area (Å²) in [5, 5.41) is 8.23. The van der Waals surface area contributed by atoms with E-state index in [-0.39, 0.29) is 17.0 Å². The topological polar surface area (TPSA) is 83.6 Å². The number of pyridine rings is 1. The van der Waals surface area contributed by atoms with Crippen molar-refractivity contribution in [3.8, 4) is 0 Å². The van der Waals surface area contributed by atoms with Gasteiger partial charge < -0.3 is 15.4 Å². The van der Waals surface area contributed by atoms with E-state index in [1.807, 2.05) is 24.3 Å². The average Bonchev–Trinajstić information content (AvgIpc) is 2.85. The highest BCUT2D eigenvalue weighted by Gasteiger charge is 2.40. The van der Waals surface area contributed by atoms with Crippen LogP contribution in [0.15, 0.2) is 54.9 Å². The van der Waals surface area contributed by atoms with E-state index in [4.69, 9.17) is 27.9 Å². The van der Waals surface area contributed by atoms with Gasteiger partial charge in [-0.1, -0.05) is 53.5 Å². The van der Waals surface area contributed by atoms with Crippen LogP contribution in [-0.4, -0.2) is 53.5 Å². The minimum absolute atomic E-state index is 0.276. The van der Waals surface area contributed by atoms with Crippen molar-refractivity contribution in [2.45, 2.75) is 38.5 Å². The molecule has 1 aliphatic rings. The van der Waals surface area contributed by atoms with Gasteiger partial charge in [0.05, 0.1) is 28.5 Å². The van der Waals surface area contributed by atoms with E-state index in [0.717, 1.165) is 17.3 Å². The summed E-state index contributed by atoms with van der Waals surface area (Å²) in [6, 6.07) is 12.8. The lowest BCUT2D eigenvalue weighted by atomic mass is 9.90. The summed E-state index contributed by atoms with van der Waals surface area (Å²) >= 11 is 12.4. The first-order valence-corrected chi connectivity index (χ1v) is 12.2. The summed E-state index contributed by atoms with van der Waals surface area (Å²) in [5.41, 5.74) is -0.442. The maximum Gasteiger partial charge on any atom is 0.254 e. The van der Waals surface area contributed by atoms with Crippen molar-refractivity contribution in [2.75, 3.05) is 25.0 Å². The van der Waals surface area contributed by atoms with Crippen LogP contribution in [0.3, 0.4) is 0 Å². The molecule has 0 spiro atoms. The highest BCUT2D eigenvalue weighted by atomic mass is 35.5. The number of halogens is 2. The Labute approximate surface area is 214 Å². The number of nitrogens with zero attached hydrogens (tertiary/aromatic N) is 2. The number of ether oxygens (including phenoxy) is 1. The molecule has 2 atom stereocenters. The Balaban J connectivity index is 1.67. The Morgan fingerprint density at radius 1 is 1.14 bits per heavy atom. The number of rotatable bonds is 6. The molecule has 0 saturated carbocycles. The first-order valence-electron chi connectivity index (χ1n) is 11.5. The Morgan fingerprint density at radius 3 is 2.66 bits per heavy atom. The van der Waals surface area contributed by atoms with Gasteiger partial charge >= 0.3 is 0 Å². The molecule has 2 aromatic carbocycles. The van der Waals surface area contributed by atoms with Crippen LogP contribution >= 0.6 is 23.2 Å². The number of anilines is 1. The quantitative estimate of drug-likeness (QED) is 0.501. The van der Waals surface area contributed by atoms with Gasteiger partial charge in [-0.15, -0.1) is 0 Å². The Bertz CT molecular complexity index is 1250. The number of aromatic nitrogens is 1. The number of hydrogen-bond acceptors (Lipinski definition) is 5. The van der Waals surface area contributed by atoms with Crippen molar-refractivity contribution in [3.05, 3.63) is 70.5 Å². The van der Waals surface area contributed by atoms with Gasteiger partial charge in [-0.2, -0.15) is 0 Å². The molecule has 7 nitrogen and oxygen atoms in total.